The van der Waals surface area contributed by atoms with Gasteiger partial charge in [0.05, 0.1) is 6.04 Å². The standard InChI is InChI=1S/C16H23N3O/c1-12-5-4-8-19(11-12)16(20)18-14-9-13-6-2-3-7-15(13)17-10-14/h2-3,6-7,12,14,17H,4-5,8-11H2,1H3,(H,18,20). The Bertz CT molecular complexity index is 488. The molecule has 4 nitrogen and oxygen atoms in total. The van der Waals surface area contributed by atoms with E-state index >= 15 is 0 Å². The van der Waals surface area contributed by atoms with E-state index in [0.717, 1.165) is 32.5 Å². The first-order chi connectivity index (χ1) is 9.72. The number of para-hydroxylation sites is 1. The smallest absolute Gasteiger partial charge is 0.317 e. The van der Waals surface area contributed by atoms with Gasteiger partial charge < -0.3 is 15.5 Å². The molecule has 1 aromatic carbocycles. The third-order valence-corrected chi connectivity index (χ3v) is 4.29. The van der Waals surface area contributed by atoms with Gasteiger partial charge in [-0.25, -0.2) is 4.79 Å². The first kappa shape index (κ1) is 13.3. The largest absolute Gasteiger partial charge is 0.383 e. The molecule has 2 amide bonds. The van der Waals surface area contributed by atoms with E-state index in [2.05, 4.69) is 35.8 Å². The predicted octanol–water partition coefficient (Wildman–Crippen LogP) is 2.46. The Labute approximate surface area is 120 Å². The van der Waals surface area contributed by atoms with Crippen LogP contribution in [0.2, 0.25) is 0 Å². The molecule has 2 aliphatic heterocycles. The molecule has 4 heteroatoms. The summed E-state index contributed by atoms with van der Waals surface area (Å²) in [7, 11) is 0. The second kappa shape index (κ2) is 5.73. The number of urea groups is 1. The van der Waals surface area contributed by atoms with Gasteiger partial charge in [0.2, 0.25) is 0 Å². The Morgan fingerprint density at radius 1 is 1.40 bits per heavy atom. The van der Waals surface area contributed by atoms with Crippen molar-refractivity contribution in [2.24, 2.45) is 5.92 Å². The number of hydrogen-bond donors (Lipinski definition) is 2. The molecule has 108 valence electrons. The van der Waals surface area contributed by atoms with Gasteiger partial charge in [0.15, 0.2) is 0 Å². The van der Waals surface area contributed by atoms with Crippen molar-refractivity contribution in [1.29, 1.82) is 0 Å². The Balaban J connectivity index is 1.58. The number of piperidine rings is 1. The summed E-state index contributed by atoms with van der Waals surface area (Å²) in [5, 5.41) is 6.57. The quantitative estimate of drug-likeness (QED) is 0.825. The maximum atomic E-state index is 12.3. The van der Waals surface area contributed by atoms with Crippen molar-refractivity contribution in [3.05, 3.63) is 29.8 Å². The van der Waals surface area contributed by atoms with Crippen molar-refractivity contribution >= 4 is 11.7 Å². The fourth-order valence-electron chi connectivity index (χ4n) is 3.18. The zero-order valence-corrected chi connectivity index (χ0v) is 12.1. The van der Waals surface area contributed by atoms with Crippen molar-refractivity contribution in [3.8, 4) is 0 Å². The molecule has 20 heavy (non-hydrogen) atoms. The highest BCUT2D eigenvalue weighted by Crippen LogP contribution is 2.21. The van der Waals surface area contributed by atoms with Crippen molar-refractivity contribution < 1.29 is 4.79 Å². The third-order valence-electron chi connectivity index (χ3n) is 4.29. The number of carbonyl (C=O) groups is 1. The van der Waals surface area contributed by atoms with Crippen LogP contribution in [0, 0.1) is 5.92 Å². The summed E-state index contributed by atoms with van der Waals surface area (Å²) in [6, 6.07) is 8.61. The second-order valence-corrected chi connectivity index (χ2v) is 6.08. The summed E-state index contributed by atoms with van der Waals surface area (Å²) >= 11 is 0. The van der Waals surface area contributed by atoms with Crippen molar-refractivity contribution in [1.82, 2.24) is 10.2 Å². The lowest BCUT2D eigenvalue weighted by Crippen LogP contribution is -2.51. The summed E-state index contributed by atoms with van der Waals surface area (Å²) in [6.07, 6.45) is 3.28. The number of carbonyl (C=O) groups excluding carboxylic acids is 1. The molecule has 2 unspecified atom stereocenters. The molecule has 0 saturated carbocycles. The van der Waals surface area contributed by atoms with Crippen LogP contribution < -0.4 is 10.6 Å². The number of amides is 2. The maximum Gasteiger partial charge on any atom is 0.317 e. The number of nitrogens with one attached hydrogen (secondary N) is 2. The van der Waals surface area contributed by atoms with E-state index in [1.165, 1.54) is 17.7 Å². The van der Waals surface area contributed by atoms with Gasteiger partial charge in [-0.2, -0.15) is 0 Å². The summed E-state index contributed by atoms with van der Waals surface area (Å²) in [6.45, 7) is 4.82. The van der Waals surface area contributed by atoms with Crippen LogP contribution in [0.5, 0.6) is 0 Å². The summed E-state index contributed by atoms with van der Waals surface area (Å²) in [5.74, 6) is 0.625. The summed E-state index contributed by atoms with van der Waals surface area (Å²) < 4.78 is 0. The van der Waals surface area contributed by atoms with Gasteiger partial charge >= 0.3 is 6.03 Å². The monoisotopic (exact) mass is 273 g/mol. The molecule has 0 bridgehead atoms. The number of nitrogens with zero attached hydrogens (tertiary/aromatic N) is 1. The zero-order valence-electron chi connectivity index (χ0n) is 12.1. The highest BCUT2D eigenvalue weighted by atomic mass is 16.2. The Morgan fingerprint density at radius 2 is 2.25 bits per heavy atom. The predicted molar refractivity (Wildman–Crippen MR) is 80.9 cm³/mol. The van der Waals surface area contributed by atoms with Gasteiger partial charge in [0.25, 0.3) is 0 Å². The second-order valence-electron chi connectivity index (χ2n) is 6.08. The van der Waals surface area contributed by atoms with Crippen LogP contribution in [-0.2, 0) is 6.42 Å². The first-order valence-corrected chi connectivity index (χ1v) is 7.59. The van der Waals surface area contributed by atoms with E-state index in [4.69, 9.17) is 0 Å². The van der Waals surface area contributed by atoms with E-state index in [1.54, 1.807) is 0 Å². The zero-order chi connectivity index (χ0) is 13.9. The van der Waals surface area contributed by atoms with E-state index in [-0.39, 0.29) is 12.1 Å². The molecule has 2 N–H and O–H groups in total. The summed E-state index contributed by atoms with van der Waals surface area (Å²) in [4.78, 5) is 14.3. The molecular formula is C16H23N3O. The van der Waals surface area contributed by atoms with Crippen molar-refractivity contribution in [2.45, 2.75) is 32.2 Å². The lowest BCUT2D eigenvalue weighted by atomic mass is 9.99. The first-order valence-electron chi connectivity index (χ1n) is 7.59. The molecule has 0 radical (unpaired) electrons. The minimum Gasteiger partial charge on any atom is -0.383 e. The van der Waals surface area contributed by atoms with Crippen LogP contribution >= 0.6 is 0 Å². The fourth-order valence-corrected chi connectivity index (χ4v) is 3.18. The number of rotatable bonds is 1. The molecule has 2 heterocycles. The molecule has 1 saturated heterocycles. The van der Waals surface area contributed by atoms with Gasteiger partial charge in [-0.15, -0.1) is 0 Å². The minimum atomic E-state index is 0.0998. The Kier molecular flexibility index (Phi) is 3.81. The van der Waals surface area contributed by atoms with Gasteiger partial charge in [0.1, 0.15) is 0 Å². The van der Waals surface area contributed by atoms with Crippen LogP contribution in [0.1, 0.15) is 25.3 Å². The van der Waals surface area contributed by atoms with Crippen LogP contribution in [0.4, 0.5) is 10.5 Å². The highest BCUT2D eigenvalue weighted by Gasteiger charge is 2.24. The molecule has 0 spiro atoms. The molecule has 0 aliphatic carbocycles. The van der Waals surface area contributed by atoms with Crippen LogP contribution in [0.25, 0.3) is 0 Å². The van der Waals surface area contributed by atoms with Crippen LogP contribution in [0.15, 0.2) is 24.3 Å². The van der Waals surface area contributed by atoms with E-state index in [9.17, 15) is 4.79 Å². The lowest BCUT2D eigenvalue weighted by Gasteiger charge is -2.34. The minimum absolute atomic E-state index is 0.0998. The third kappa shape index (κ3) is 2.89. The highest BCUT2D eigenvalue weighted by molar-refractivity contribution is 5.75. The maximum absolute atomic E-state index is 12.3. The molecule has 2 atom stereocenters. The fraction of sp³-hybridized carbons (Fsp3) is 0.562. The molecule has 1 fully saturated rings. The number of fused-ring (bicyclic) bond motifs is 1. The average molecular weight is 273 g/mol. The van der Waals surface area contributed by atoms with E-state index in [0.29, 0.717) is 5.92 Å². The average Bonchev–Trinajstić information content (AvgIpc) is 2.47. The van der Waals surface area contributed by atoms with Crippen LogP contribution in [0.3, 0.4) is 0 Å². The molecule has 0 aromatic heterocycles. The van der Waals surface area contributed by atoms with Crippen molar-refractivity contribution in [3.63, 3.8) is 0 Å². The van der Waals surface area contributed by atoms with Gasteiger partial charge in [-0.3, -0.25) is 0 Å². The SMILES string of the molecule is CC1CCCN(C(=O)NC2CNc3ccccc3C2)C1. The lowest BCUT2D eigenvalue weighted by molar-refractivity contribution is 0.166. The van der Waals surface area contributed by atoms with E-state index in [1.807, 2.05) is 11.0 Å². The normalized spacial score (nSPS) is 25.6. The topological polar surface area (TPSA) is 44.4 Å². The molecule has 3 rings (SSSR count). The van der Waals surface area contributed by atoms with Crippen molar-refractivity contribution in [2.75, 3.05) is 25.0 Å². The van der Waals surface area contributed by atoms with E-state index < -0.39 is 0 Å². The van der Waals surface area contributed by atoms with Gasteiger partial charge in [0, 0.05) is 25.3 Å². The number of benzene rings is 1. The molecule has 2 aliphatic rings. The van der Waals surface area contributed by atoms with Gasteiger partial charge in [-0.1, -0.05) is 25.1 Å². The number of hydrogen-bond acceptors (Lipinski definition) is 2. The van der Waals surface area contributed by atoms with Gasteiger partial charge in [-0.05, 0) is 36.8 Å². The number of likely N-dealkylation sites (tertiary alicyclic amines) is 1. The number of anilines is 1. The Morgan fingerprint density at radius 3 is 3.10 bits per heavy atom. The summed E-state index contributed by atoms with van der Waals surface area (Å²) in [5.41, 5.74) is 2.49. The molecule has 1 aromatic rings. The Hall–Kier alpha value is -1.71. The molecular weight excluding hydrogens is 250 g/mol. The van der Waals surface area contributed by atoms with Crippen LogP contribution in [-0.4, -0.2) is 36.6 Å².